The van der Waals surface area contributed by atoms with Crippen molar-refractivity contribution in [2.45, 2.75) is 52.1 Å². The molecule has 1 aliphatic carbocycles. The van der Waals surface area contributed by atoms with Gasteiger partial charge in [0.15, 0.2) is 5.78 Å². The van der Waals surface area contributed by atoms with Crippen LogP contribution in [0, 0.1) is 13.8 Å². The summed E-state index contributed by atoms with van der Waals surface area (Å²) in [6.45, 7) is 6.60. The zero-order chi connectivity index (χ0) is 13.2. The van der Waals surface area contributed by atoms with Gasteiger partial charge >= 0.3 is 0 Å². The molecule has 2 nitrogen and oxygen atoms in total. The Morgan fingerprint density at radius 2 is 1.94 bits per heavy atom. The molecule has 0 bridgehead atoms. The zero-order valence-corrected chi connectivity index (χ0v) is 11.6. The van der Waals surface area contributed by atoms with Crippen LogP contribution in [-0.2, 0) is 4.74 Å². The quantitative estimate of drug-likeness (QED) is 0.755. The van der Waals surface area contributed by atoms with Gasteiger partial charge in [-0.25, -0.2) is 0 Å². The van der Waals surface area contributed by atoms with Crippen molar-refractivity contribution in [2.24, 2.45) is 0 Å². The van der Waals surface area contributed by atoms with Gasteiger partial charge in [-0.15, -0.1) is 0 Å². The number of carbonyl (C=O) groups excluding carboxylic acids is 1. The van der Waals surface area contributed by atoms with Crippen LogP contribution in [0.1, 0.15) is 54.1 Å². The normalized spacial score (nSPS) is 17.9. The summed E-state index contributed by atoms with van der Waals surface area (Å²) in [5.41, 5.74) is 2.48. The van der Waals surface area contributed by atoms with Gasteiger partial charge in [0.05, 0.1) is 0 Å². The summed E-state index contributed by atoms with van der Waals surface area (Å²) in [4.78, 5) is 12.8. The first kappa shape index (κ1) is 13.3. The van der Waals surface area contributed by atoms with Crippen molar-refractivity contribution in [2.75, 3.05) is 6.61 Å². The van der Waals surface area contributed by atoms with E-state index in [0.29, 0.717) is 6.61 Å². The van der Waals surface area contributed by atoms with E-state index in [9.17, 15) is 4.79 Å². The minimum absolute atomic E-state index is 0.183. The number of ether oxygens (including phenoxy) is 1. The smallest absolute Gasteiger partial charge is 0.194 e. The molecule has 0 spiro atoms. The van der Waals surface area contributed by atoms with Crippen molar-refractivity contribution < 1.29 is 9.53 Å². The van der Waals surface area contributed by atoms with E-state index in [-0.39, 0.29) is 5.78 Å². The monoisotopic (exact) mass is 246 g/mol. The summed E-state index contributed by atoms with van der Waals surface area (Å²) in [7, 11) is 0. The van der Waals surface area contributed by atoms with Crippen LogP contribution in [0.2, 0.25) is 0 Å². The van der Waals surface area contributed by atoms with Crippen molar-refractivity contribution in [1.29, 1.82) is 0 Å². The number of hydrogen-bond acceptors (Lipinski definition) is 2. The Hall–Kier alpha value is -1.15. The number of rotatable bonds is 4. The molecular weight excluding hydrogens is 224 g/mol. The predicted octanol–water partition coefficient (Wildman–Crippen LogP) is 3.84. The number of Topliss-reactive ketones (excluding diaryl/α,β-unsaturated/α-hetero) is 1. The fraction of sp³-hybridized carbons (Fsp3) is 0.562. The van der Waals surface area contributed by atoms with Crippen LogP contribution in [0.15, 0.2) is 18.2 Å². The highest BCUT2D eigenvalue weighted by molar-refractivity contribution is 6.04. The van der Waals surface area contributed by atoms with Crippen LogP contribution in [0.4, 0.5) is 0 Å². The molecule has 0 aromatic heterocycles. The van der Waals surface area contributed by atoms with E-state index in [1.165, 1.54) is 0 Å². The Bertz CT molecular complexity index is 442. The van der Waals surface area contributed by atoms with Crippen LogP contribution in [0.5, 0.6) is 0 Å². The molecule has 0 unspecified atom stereocenters. The Labute approximate surface area is 109 Å². The molecule has 0 radical (unpaired) electrons. The number of hydrogen-bond donors (Lipinski definition) is 0. The Morgan fingerprint density at radius 3 is 2.56 bits per heavy atom. The fourth-order valence-corrected chi connectivity index (χ4v) is 2.89. The van der Waals surface area contributed by atoms with E-state index in [1.807, 2.05) is 39.0 Å². The molecule has 1 fully saturated rings. The van der Waals surface area contributed by atoms with Crippen molar-refractivity contribution in [3.8, 4) is 0 Å². The molecular formula is C16H22O2. The molecule has 0 N–H and O–H groups in total. The summed E-state index contributed by atoms with van der Waals surface area (Å²) < 4.78 is 5.85. The van der Waals surface area contributed by atoms with E-state index in [1.54, 1.807) is 0 Å². The minimum Gasteiger partial charge on any atom is -0.367 e. The second-order valence-electron chi connectivity index (χ2n) is 5.28. The summed E-state index contributed by atoms with van der Waals surface area (Å²) >= 11 is 0. The van der Waals surface area contributed by atoms with Gasteiger partial charge in [-0.2, -0.15) is 0 Å². The lowest BCUT2D eigenvalue weighted by Gasteiger charge is -2.28. The second-order valence-corrected chi connectivity index (χ2v) is 5.28. The molecule has 98 valence electrons. The summed E-state index contributed by atoms with van der Waals surface area (Å²) in [5.74, 6) is 0.183. The summed E-state index contributed by atoms with van der Waals surface area (Å²) in [6, 6.07) is 6.07. The Kier molecular flexibility index (Phi) is 3.86. The van der Waals surface area contributed by atoms with Crippen molar-refractivity contribution >= 4 is 5.78 Å². The van der Waals surface area contributed by atoms with Gasteiger partial charge in [-0.1, -0.05) is 17.7 Å². The number of benzene rings is 1. The average Bonchev–Trinajstić information content (AvgIpc) is 2.82. The first-order valence-corrected chi connectivity index (χ1v) is 6.85. The van der Waals surface area contributed by atoms with E-state index in [2.05, 4.69) is 0 Å². The van der Waals surface area contributed by atoms with E-state index >= 15 is 0 Å². The van der Waals surface area contributed by atoms with E-state index < -0.39 is 5.60 Å². The maximum Gasteiger partial charge on any atom is 0.194 e. The van der Waals surface area contributed by atoms with Crippen molar-refractivity contribution in [3.05, 3.63) is 34.9 Å². The van der Waals surface area contributed by atoms with E-state index in [0.717, 1.165) is 42.4 Å². The maximum atomic E-state index is 12.8. The summed E-state index contributed by atoms with van der Waals surface area (Å²) in [5, 5.41) is 0. The van der Waals surface area contributed by atoms with Crippen LogP contribution in [0.25, 0.3) is 0 Å². The topological polar surface area (TPSA) is 26.3 Å². The third-order valence-electron chi connectivity index (χ3n) is 3.88. The van der Waals surface area contributed by atoms with Crippen LogP contribution in [0.3, 0.4) is 0 Å². The van der Waals surface area contributed by atoms with Gasteiger partial charge in [0, 0.05) is 12.2 Å². The molecule has 0 heterocycles. The minimum atomic E-state index is -0.548. The molecule has 0 aliphatic heterocycles. The van der Waals surface area contributed by atoms with Gasteiger partial charge in [0.25, 0.3) is 0 Å². The third kappa shape index (κ3) is 2.35. The number of carbonyl (C=O) groups is 1. The first-order chi connectivity index (χ1) is 8.59. The molecule has 0 saturated heterocycles. The number of aryl methyl sites for hydroxylation is 2. The van der Waals surface area contributed by atoms with Gasteiger partial charge in [0.1, 0.15) is 5.60 Å². The lowest BCUT2D eigenvalue weighted by atomic mass is 9.88. The van der Waals surface area contributed by atoms with E-state index in [4.69, 9.17) is 4.74 Å². The summed E-state index contributed by atoms with van der Waals surface area (Å²) in [6.07, 6.45) is 3.92. The third-order valence-corrected chi connectivity index (χ3v) is 3.88. The SMILES string of the molecule is CCOC1(C(=O)c2cc(C)ccc2C)CCCC1. The largest absolute Gasteiger partial charge is 0.367 e. The maximum absolute atomic E-state index is 12.8. The predicted molar refractivity (Wildman–Crippen MR) is 73.1 cm³/mol. The molecule has 2 heteroatoms. The molecule has 0 atom stereocenters. The van der Waals surface area contributed by atoms with Gasteiger partial charge in [-0.3, -0.25) is 4.79 Å². The zero-order valence-electron chi connectivity index (χ0n) is 11.6. The lowest BCUT2D eigenvalue weighted by molar-refractivity contribution is -0.0164. The molecule has 2 rings (SSSR count). The molecule has 0 amide bonds. The molecule has 1 saturated carbocycles. The van der Waals surface area contributed by atoms with Gasteiger partial charge in [-0.05, 0) is 58.1 Å². The number of ketones is 1. The standard InChI is InChI=1S/C16H22O2/c1-4-18-16(9-5-6-10-16)15(17)14-11-12(2)7-8-13(14)3/h7-8,11H,4-6,9-10H2,1-3H3. The highest BCUT2D eigenvalue weighted by Crippen LogP contribution is 2.36. The lowest BCUT2D eigenvalue weighted by Crippen LogP contribution is -2.39. The van der Waals surface area contributed by atoms with Crippen molar-refractivity contribution in [1.82, 2.24) is 0 Å². The average molecular weight is 246 g/mol. The second kappa shape index (κ2) is 5.23. The van der Waals surface area contributed by atoms with Gasteiger partial charge < -0.3 is 4.74 Å². The van der Waals surface area contributed by atoms with Crippen molar-refractivity contribution in [3.63, 3.8) is 0 Å². The van der Waals surface area contributed by atoms with Crippen LogP contribution >= 0.6 is 0 Å². The first-order valence-electron chi connectivity index (χ1n) is 6.85. The molecule has 18 heavy (non-hydrogen) atoms. The van der Waals surface area contributed by atoms with Crippen LogP contribution in [-0.4, -0.2) is 18.0 Å². The Balaban J connectivity index is 2.36. The highest BCUT2D eigenvalue weighted by Gasteiger charge is 2.42. The highest BCUT2D eigenvalue weighted by atomic mass is 16.5. The fourth-order valence-electron chi connectivity index (χ4n) is 2.89. The van der Waals surface area contributed by atoms with Crippen LogP contribution < -0.4 is 0 Å². The molecule has 1 aliphatic rings. The van der Waals surface area contributed by atoms with Gasteiger partial charge in [0.2, 0.25) is 0 Å². The molecule has 1 aromatic carbocycles. The Morgan fingerprint density at radius 1 is 1.28 bits per heavy atom. The molecule has 1 aromatic rings.